The van der Waals surface area contributed by atoms with Gasteiger partial charge in [0, 0.05) is 17.2 Å². The quantitative estimate of drug-likeness (QED) is 0.821. The van der Waals surface area contributed by atoms with Gasteiger partial charge in [-0.2, -0.15) is 4.98 Å². The molecule has 1 atom stereocenters. The number of nitrogens with zero attached hydrogens (tertiary/aromatic N) is 2. The smallest absolute Gasteiger partial charge is 0.256 e. The summed E-state index contributed by atoms with van der Waals surface area (Å²) in [6, 6.07) is 7.34. The average molecular weight is 251 g/mol. The lowest BCUT2D eigenvalue weighted by Crippen LogP contribution is -1.95. The first-order chi connectivity index (χ1) is 8.33. The lowest BCUT2D eigenvalue weighted by atomic mass is 10.2. The second-order valence-electron chi connectivity index (χ2n) is 3.96. The van der Waals surface area contributed by atoms with Gasteiger partial charge in [-0.15, -0.1) is 0 Å². The molecule has 1 fully saturated rings. The fourth-order valence-electron chi connectivity index (χ4n) is 1.85. The van der Waals surface area contributed by atoms with E-state index in [1.54, 1.807) is 12.1 Å². The van der Waals surface area contributed by atoms with Crippen LogP contribution in [0.1, 0.15) is 24.8 Å². The van der Waals surface area contributed by atoms with Gasteiger partial charge in [-0.3, -0.25) is 0 Å². The van der Waals surface area contributed by atoms with Crippen LogP contribution in [-0.4, -0.2) is 16.7 Å². The minimum Gasteiger partial charge on any atom is -0.368 e. The molecule has 3 rings (SSSR count). The average Bonchev–Trinajstić information content (AvgIpc) is 3.00. The van der Waals surface area contributed by atoms with Gasteiger partial charge in [-0.25, -0.2) is 0 Å². The van der Waals surface area contributed by atoms with Gasteiger partial charge in [-0.1, -0.05) is 16.8 Å². The molecule has 1 saturated heterocycles. The topological polar surface area (TPSA) is 48.2 Å². The first-order valence-electron chi connectivity index (χ1n) is 5.54. The molecule has 2 heterocycles. The molecule has 1 aliphatic rings. The van der Waals surface area contributed by atoms with Crippen LogP contribution in [0.4, 0.5) is 0 Å². The highest BCUT2D eigenvalue weighted by Crippen LogP contribution is 2.28. The number of ether oxygens (including phenoxy) is 1. The largest absolute Gasteiger partial charge is 0.368 e. The van der Waals surface area contributed by atoms with Crippen molar-refractivity contribution in [1.29, 1.82) is 0 Å². The molecule has 1 aliphatic heterocycles. The number of rotatable bonds is 2. The minimum absolute atomic E-state index is 0.0384. The van der Waals surface area contributed by atoms with Crippen molar-refractivity contribution in [2.24, 2.45) is 0 Å². The van der Waals surface area contributed by atoms with Crippen molar-refractivity contribution in [3.8, 4) is 11.4 Å². The zero-order chi connectivity index (χ0) is 11.7. The van der Waals surface area contributed by atoms with Crippen molar-refractivity contribution in [2.45, 2.75) is 18.9 Å². The predicted octanol–water partition coefficient (Wildman–Crippen LogP) is 3.24. The standard InChI is InChI=1S/C12H11ClN2O2/c13-9-5-3-8(4-6-9)11-14-12(17-15-11)10-2-1-7-16-10/h3-6,10H,1-2,7H2/t10-/m1/s1. The third kappa shape index (κ3) is 2.18. The maximum absolute atomic E-state index is 5.82. The van der Waals surface area contributed by atoms with Crippen LogP contribution in [0.5, 0.6) is 0 Å². The molecule has 88 valence electrons. The SMILES string of the molecule is Clc1ccc(-c2noc([C@H]3CCCO3)n2)cc1. The molecular weight excluding hydrogens is 240 g/mol. The van der Waals surface area contributed by atoms with E-state index in [0.717, 1.165) is 25.0 Å². The Bertz CT molecular complexity index is 503. The molecule has 0 saturated carbocycles. The third-order valence-electron chi connectivity index (χ3n) is 2.75. The van der Waals surface area contributed by atoms with Crippen LogP contribution < -0.4 is 0 Å². The molecule has 0 spiro atoms. The summed E-state index contributed by atoms with van der Waals surface area (Å²) in [6.45, 7) is 0.767. The Balaban J connectivity index is 1.86. The summed E-state index contributed by atoms with van der Waals surface area (Å²) in [5, 5.41) is 4.64. The number of benzene rings is 1. The van der Waals surface area contributed by atoms with Crippen LogP contribution in [0.15, 0.2) is 28.8 Å². The summed E-state index contributed by atoms with van der Waals surface area (Å²) in [5.74, 6) is 1.14. The zero-order valence-corrected chi connectivity index (χ0v) is 9.85. The van der Waals surface area contributed by atoms with Gasteiger partial charge >= 0.3 is 0 Å². The Hall–Kier alpha value is -1.39. The maximum atomic E-state index is 5.82. The predicted molar refractivity (Wildman–Crippen MR) is 62.7 cm³/mol. The molecular formula is C12H11ClN2O2. The molecule has 0 N–H and O–H groups in total. The summed E-state index contributed by atoms with van der Waals surface area (Å²) in [4.78, 5) is 4.35. The summed E-state index contributed by atoms with van der Waals surface area (Å²) in [7, 11) is 0. The number of halogens is 1. The fraction of sp³-hybridized carbons (Fsp3) is 0.333. The molecule has 0 radical (unpaired) electrons. The van der Waals surface area contributed by atoms with Crippen LogP contribution >= 0.6 is 11.6 Å². The Labute approximate surface area is 104 Å². The number of hydrogen-bond donors (Lipinski definition) is 0. The number of hydrogen-bond acceptors (Lipinski definition) is 4. The Morgan fingerprint density at radius 1 is 1.24 bits per heavy atom. The molecule has 17 heavy (non-hydrogen) atoms. The molecule has 1 aromatic carbocycles. The summed E-state index contributed by atoms with van der Waals surface area (Å²) in [6.07, 6.45) is 1.95. The first-order valence-corrected chi connectivity index (χ1v) is 5.92. The van der Waals surface area contributed by atoms with Gasteiger partial charge in [-0.05, 0) is 37.1 Å². The van der Waals surface area contributed by atoms with Crippen molar-refractivity contribution < 1.29 is 9.26 Å². The first kappa shape index (κ1) is 10.7. The van der Waals surface area contributed by atoms with Crippen molar-refractivity contribution in [1.82, 2.24) is 10.1 Å². The van der Waals surface area contributed by atoms with Gasteiger partial charge in [0.1, 0.15) is 6.10 Å². The van der Waals surface area contributed by atoms with E-state index in [1.807, 2.05) is 12.1 Å². The molecule has 1 aromatic heterocycles. The van der Waals surface area contributed by atoms with Gasteiger partial charge in [0.25, 0.3) is 5.89 Å². The maximum Gasteiger partial charge on any atom is 0.256 e. The second-order valence-corrected chi connectivity index (χ2v) is 4.40. The molecule has 2 aromatic rings. The normalized spacial score (nSPS) is 19.7. The monoisotopic (exact) mass is 250 g/mol. The van der Waals surface area contributed by atoms with Crippen molar-refractivity contribution >= 4 is 11.6 Å². The van der Waals surface area contributed by atoms with Crippen LogP contribution in [0.2, 0.25) is 5.02 Å². The van der Waals surface area contributed by atoms with Crippen LogP contribution in [-0.2, 0) is 4.74 Å². The van der Waals surface area contributed by atoms with Gasteiger partial charge in [0.2, 0.25) is 5.82 Å². The highest BCUT2D eigenvalue weighted by atomic mass is 35.5. The highest BCUT2D eigenvalue weighted by molar-refractivity contribution is 6.30. The molecule has 0 amide bonds. The Kier molecular flexibility index (Phi) is 2.82. The number of aromatic nitrogens is 2. The molecule has 0 bridgehead atoms. The fourth-order valence-corrected chi connectivity index (χ4v) is 1.98. The highest BCUT2D eigenvalue weighted by Gasteiger charge is 2.24. The summed E-state index contributed by atoms with van der Waals surface area (Å²) in [5.41, 5.74) is 0.891. The molecule has 0 aliphatic carbocycles. The van der Waals surface area contributed by atoms with Gasteiger partial charge in [0.15, 0.2) is 0 Å². The van der Waals surface area contributed by atoms with Crippen molar-refractivity contribution in [3.63, 3.8) is 0 Å². The third-order valence-corrected chi connectivity index (χ3v) is 3.00. The van der Waals surface area contributed by atoms with E-state index in [2.05, 4.69) is 10.1 Å². The van der Waals surface area contributed by atoms with E-state index in [1.165, 1.54) is 0 Å². The Morgan fingerprint density at radius 2 is 2.06 bits per heavy atom. The molecule has 4 nitrogen and oxygen atoms in total. The van der Waals surface area contributed by atoms with E-state index in [-0.39, 0.29) is 6.10 Å². The van der Waals surface area contributed by atoms with E-state index in [9.17, 15) is 0 Å². The van der Waals surface area contributed by atoms with Crippen molar-refractivity contribution in [3.05, 3.63) is 35.2 Å². The van der Waals surface area contributed by atoms with E-state index < -0.39 is 0 Å². The van der Waals surface area contributed by atoms with Crippen LogP contribution in [0.3, 0.4) is 0 Å². The van der Waals surface area contributed by atoms with E-state index >= 15 is 0 Å². The lowest BCUT2D eigenvalue weighted by molar-refractivity contribution is 0.0835. The summed E-state index contributed by atoms with van der Waals surface area (Å²) < 4.78 is 10.7. The molecule has 0 unspecified atom stereocenters. The lowest BCUT2D eigenvalue weighted by Gasteiger charge is -2.00. The second kappa shape index (κ2) is 4.47. The van der Waals surface area contributed by atoms with E-state index in [4.69, 9.17) is 20.9 Å². The van der Waals surface area contributed by atoms with E-state index in [0.29, 0.717) is 16.7 Å². The van der Waals surface area contributed by atoms with Crippen molar-refractivity contribution in [2.75, 3.05) is 6.61 Å². The van der Waals surface area contributed by atoms with Crippen LogP contribution in [0, 0.1) is 0 Å². The van der Waals surface area contributed by atoms with Gasteiger partial charge < -0.3 is 9.26 Å². The van der Waals surface area contributed by atoms with Gasteiger partial charge in [0.05, 0.1) is 0 Å². The molecule has 5 heteroatoms. The zero-order valence-electron chi connectivity index (χ0n) is 9.10. The summed E-state index contributed by atoms with van der Waals surface area (Å²) >= 11 is 5.82. The van der Waals surface area contributed by atoms with Crippen LogP contribution in [0.25, 0.3) is 11.4 Å². The minimum atomic E-state index is -0.0384. The Morgan fingerprint density at radius 3 is 2.76 bits per heavy atom.